The highest BCUT2D eigenvalue weighted by atomic mass is 19.2. The van der Waals surface area contributed by atoms with Crippen molar-refractivity contribution in [3.05, 3.63) is 178 Å². The van der Waals surface area contributed by atoms with Crippen LogP contribution in [0.25, 0.3) is 77.2 Å². The molecule has 436 valence electrons. The van der Waals surface area contributed by atoms with Gasteiger partial charge in [0.15, 0.2) is 23.3 Å². The summed E-state index contributed by atoms with van der Waals surface area (Å²) >= 11 is 0. The maximum atomic E-state index is 15.6. The Morgan fingerprint density at radius 2 is 0.679 bits per heavy atom. The largest absolute Gasteiger partial charge is 0.505 e. The molecule has 1 fully saturated rings. The van der Waals surface area contributed by atoms with Crippen LogP contribution in [0.4, 0.5) is 17.6 Å². The van der Waals surface area contributed by atoms with Gasteiger partial charge in [0.1, 0.15) is 23.0 Å². The zero-order chi connectivity index (χ0) is 60.3. The molecule has 10 heteroatoms. The molecule has 1 unspecified atom stereocenters. The molecule has 0 amide bonds. The number of benzene rings is 8. The molecule has 0 aliphatic heterocycles. The molecule has 1 aliphatic carbocycles. The van der Waals surface area contributed by atoms with Gasteiger partial charge in [0.25, 0.3) is 0 Å². The van der Waals surface area contributed by atoms with Crippen molar-refractivity contribution in [2.75, 3.05) is 13.2 Å². The minimum atomic E-state index is -1.09. The number of halogens is 4. The van der Waals surface area contributed by atoms with E-state index in [1.54, 1.807) is 12.1 Å². The van der Waals surface area contributed by atoms with Gasteiger partial charge in [-0.2, -0.15) is 0 Å². The number of hydrogen-bond donors (Lipinski definition) is 2. The van der Waals surface area contributed by atoms with Gasteiger partial charge in [-0.3, -0.25) is 0 Å². The summed E-state index contributed by atoms with van der Waals surface area (Å²) < 4.78 is 79.6. The SMILES string of the molecule is Cc1cc(-c2cc(F)c(F)cc2OCC2CCCC[C@H]2COc2cc(F)c(F)cc2-c2cc(C)cc(-n3c4ccc(C(C)(C)C)cc4c4cc(C(C)(C)C)ccc43)c2O)c(O)c(-n2c3ccc(C(C)(C)C)cc3c3cc(C(C)(C)C)ccc32)c1. The summed E-state index contributed by atoms with van der Waals surface area (Å²) in [7, 11) is 0. The Balaban J connectivity index is 0.922. The van der Waals surface area contributed by atoms with E-state index in [4.69, 9.17) is 9.47 Å². The van der Waals surface area contributed by atoms with Crippen molar-refractivity contribution < 1.29 is 37.2 Å². The summed E-state index contributed by atoms with van der Waals surface area (Å²) in [6, 6.07) is 37.4. The summed E-state index contributed by atoms with van der Waals surface area (Å²) in [6.45, 7) is 30.3. The Morgan fingerprint density at radius 3 is 0.964 bits per heavy atom. The molecule has 1 saturated carbocycles. The minimum absolute atomic E-state index is 0.0685. The minimum Gasteiger partial charge on any atom is -0.505 e. The quantitative estimate of drug-likeness (QED) is 0.134. The van der Waals surface area contributed by atoms with E-state index in [9.17, 15) is 10.2 Å². The maximum Gasteiger partial charge on any atom is 0.162 e. The normalized spacial score (nSPS) is 15.5. The number of aryl methyl sites for hydroxylation is 2. The smallest absolute Gasteiger partial charge is 0.162 e. The van der Waals surface area contributed by atoms with Gasteiger partial charge in [0, 0.05) is 55.9 Å². The van der Waals surface area contributed by atoms with Crippen LogP contribution in [0, 0.1) is 49.0 Å². The van der Waals surface area contributed by atoms with Crippen LogP contribution in [-0.4, -0.2) is 32.6 Å². The molecule has 2 N–H and O–H groups in total. The van der Waals surface area contributed by atoms with E-state index in [1.807, 2.05) is 26.0 Å². The second kappa shape index (κ2) is 21.1. The number of phenolic OH excluding ortho intramolecular Hbond substituents is 2. The molecular formula is C74H78F4N2O4. The molecule has 84 heavy (non-hydrogen) atoms. The summed E-state index contributed by atoms with van der Waals surface area (Å²) in [5, 5.41) is 29.3. The topological polar surface area (TPSA) is 68.8 Å². The zero-order valence-electron chi connectivity index (χ0n) is 51.1. The van der Waals surface area contributed by atoms with Crippen molar-refractivity contribution in [3.8, 4) is 56.6 Å². The monoisotopic (exact) mass is 1130 g/mol. The average Bonchev–Trinajstić information content (AvgIpc) is 1.66. The number of hydrogen-bond acceptors (Lipinski definition) is 4. The van der Waals surface area contributed by atoms with E-state index in [-0.39, 0.29) is 92.0 Å². The number of fused-ring (bicyclic) bond motifs is 6. The second-order valence-electron chi connectivity index (χ2n) is 27.9. The summed E-state index contributed by atoms with van der Waals surface area (Å²) in [4.78, 5) is 0. The van der Waals surface area contributed by atoms with Gasteiger partial charge in [-0.15, -0.1) is 0 Å². The van der Waals surface area contributed by atoms with Crippen LogP contribution < -0.4 is 9.47 Å². The van der Waals surface area contributed by atoms with Crippen LogP contribution in [0.2, 0.25) is 0 Å². The zero-order valence-corrected chi connectivity index (χ0v) is 51.1. The van der Waals surface area contributed by atoms with Crippen LogP contribution in [0.1, 0.15) is 142 Å². The van der Waals surface area contributed by atoms with Crippen molar-refractivity contribution in [3.63, 3.8) is 0 Å². The van der Waals surface area contributed by atoms with E-state index in [1.165, 1.54) is 22.3 Å². The van der Waals surface area contributed by atoms with Gasteiger partial charge in [0.2, 0.25) is 0 Å². The van der Waals surface area contributed by atoms with Gasteiger partial charge in [-0.1, -0.05) is 120 Å². The molecule has 10 aromatic rings. The average molecular weight is 1140 g/mol. The number of phenols is 2. The Bertz CT molecular complexity index is 3840. The molecule has 2 heterocycles. The maximum absolute atomic E-state index is 15.6. The molecule has 0 spiro atoms. The highest BCUT2D eigenvalue weighted by molar-refractivity contribution is 6.11. The summed E-state index contributed by atoms with van der Waals surface area (Å²) in [5.74, 6) is -4.74. The first-order chi connectivity index (χ1) is 39.5. The van der Waals surface area contributed by atoms with Gasteiger partial charge < -0.3 is 28.8 Å². The molecule has 1 aliphatic rings. The molecule has 0 saturated heterocycles. The number of aromatic nitrogens is 2. The standard InChI is InChI=1S/C74H78F4N2O4/c1-41-27-55(69(81)65(29-41)79-61-23-19-45(71(3,4)5)31-49(61)50-32-46(72(6,7)8)20-24-62(50)79)53-35-57(75)59(77)37-67(53)83-39-43-17-15-16-18-44(43)40-84-68-38-60(78)58(76)36-54(68)56-28-42(2)30-66(70(56)82)80-63-25-21-47(73(9,10)11)33-51(63)52-34-48(74(12,13)14)22-26-64(52)80/h19-38,43-44,81-82H,15-18,39-40H2,1-14H3/t43-,44?/m0/s1. The van der Waals surface area contributed by atoms with Gasteiger partial charge in [-0.05, 0) is 178 Å². The van der Waals surface area contributed by atoms with Crippen LogP contribution in [-0.2, 0) is 21.7 Å². The van der Waals surface area contributed by atoms with Crippen molar-refractivity contribution in [2.45, 2.75) is 144 Å². The Hall–Kier alpha value is -7.72. The molecule has 8 aromatic carbocycles. The molecule has 11 rings (SSSR count). The van der Waals surface area contributed by atoms with Crippen LogP contribution >= 0.6 is 0 Å². The van der Waals surface area contributed by atoms with Crippen molar-refractivity contribution in [1.29, 1.82) is 0 Å². The number of ether oxygens (including phenoxy) is 2. The third-order valence-corrected chi connectivity index (χ3v) is 17.5. The third kappa shape index (κ3) is 10.7. The van der Waals surface area contributed by atoms with Crippen LogP contribution in [0.15, 0.2) is 121 Å². The number of nitrogens with zero attached hydrogens (tertiary/aromatic N) is 2. The van der Waals surface area contributed by atoms with Gasteiger partial charge in [-0.25, -0.2) is 17.6 Å². The lowest BCUT2D eigenvalue weighted by atomic mass is 9.80. The molecule has 0 radical (unpaired) electrons. The van der Waals surface area contributed by atoms with Gasteiger partial charge >= 0.3 is 0 Å². The van der Waals surface area contributed by atoms with E-state index in [2.05, 4.69) is 165 Å². The van der Waals surface area contributed by atoms with Crippen molar-refractivity contribution in [1.82, 2.24) is 9.13 Å². The Kier molecular flexibility index (Phi) is 14.6. The lowest BCUT2D eigenvalue weighted by Gasteiger charge is -2.32. The first-order valence-corrected chi connectivity index (χ1v) is 29.6. The fraction of sp³-hybridized carbons (Fsp3) is 0.351. The molecule has 0 bridgehead atoms. The first-order valence-electron chi connectivity index (χ1n) is 29.6. The van der Waals surface area contributed by atoms with Crippen molar-refractivity contribution >= 4 is 43.6 Å². The van der Waals surface area contributed by atoms with Crippen LogP contribution in [0.3, 0.4) is 0 Å². The highest BCUT2D eigenvalue weighted by Gasteiger charge is 2.31. The third-order valence-electron chi connectivity index (χ3n) is 17.5. The van der Waals surface area contributed by atoms with Crippen LogP contribution in [0.5, 0.6) is 23.0 Å². The lowest BCUT2D eigenvalue weighted by Crippen LogP contribution is -2.30. The molecule has 2 atom stereocenters. The van der Waals surface area contributed by atoms with E-state index >= 15 is 17.6 Å². The number of rotatable bonds is 10. The Morgan fingerprint density at radius 1 is 0.393 bits per heavy atom. The second-order valence-corrected chi connectivity index (χ2v) is 27.9. The van der Waals surface area contributed by atoms with Crippen molar-refractivity contribution in [2.24, 2.45) is 11.8 Å². The predicted octanol–water partition coefficient (Wildman–Crippen LogP) is 20.3. The van der Waals surface area contributed by atoms with E-state index in [0.29, 0.717) is 11.4 Å². The first kappa shape index (κ1) is 58.1. The summed E-state index contributed by atoms with van der Waals surface area (Å²) in [5.41, 5.74) is 11.3. The van der Waals surface area contributed by atoms with E-state index in [0.717, 1.165) is 105 Å². The molecular weight excluding hydrogens is 1060 g/mol. The van der Waals surface area contributed by atoms with Gasteiger partial charge in [0.05, 0.1) is 46.7 Å². The highest BCUT2D eigenvalue weighted by Crippen LogP contribution is 2.48. The molecule has 2 aromatic heterocycles. The molecule has 6 nitrogen and oxygen atoms in total. The summed E-state index contributed by atoms with van der Waals surface area (Å²) in [6.07, 6.45) is 3.24. The number of aromatic hydroxyl groups is 2. The predicted molar refractivity (Wildman–Crippen MR) is 336 cm³/mol. The van der Waals surface area contributed by atoms with E-state index < -0.39 is 23.3 Å². The fourth-order valence-corrected chi connectivity index (χ4v) is 12.5. The lowest BCUT2D eigenvalue weighted by molar-refractivity contribution is 0.105. The fourth-order valence-electron chi connectivity index (χ4n) is 12.5. The Labute approximate surface area is 491 Å².